The lowest BCUT2D eigenvalue weighted by atomic mass is 10.1. The number of nitrogens with zero attached hydrogens (tertiary/aromatic N) is 1. The second-order valence-electron chi connectivity index (χ2n) is 4.64. The van der Waals surface area contributed by atoms with E-state index in [1.54, 1.807) is 30.3 Å². The summed E-state index contributed by atoms with van der Waals surface area (Å²) in [6.07, 6.45) is 4.48. The Labute approximate surface area is 145 Å². The first-order valence-electron chi connectivity index (χ1n) is 6.98. The molecule has 0 aliphatic heterocycles. The van der Waals surface area contributed by atoms with E-state index in [-0.39, 0.29) is 5.91 Å². The van der Waals surface area contributed by atoms with Crippen molar-refractivity contribution in [2.45, 2.75) is 0 Å². The zero-order valence-corrected chi connectivity index (χ0v) is 14.3. The van der Waals surface area contributed by atoms with Crippen molar-refractivity contribution in [2.24, 2.45) is 0 Å². The molecule has 0 saturated carbocycles. The molecule has 0 atom stereocenters. The van der Waals surface area contributed by atoms with Crippen LogP contribution >= 0.6 is 11.6 Å². The number of ether oxygens (including phenoxy) is 3. The van der Waals surface area contributed by atoms with E-state index >= 15 is 0 Å². The quantitative estimate of drug-likeness (QED) is 0.810. The van der Waals surface area contributed by atoms with Crippen molar-refractivity contribution in [3.05, 3.63) is 47.1 Å². The van der Waals surface area contributed by atoms with Gasteiger partial charge in [0.25, 0.3) is 0 Å². The number of halogens is 1. The highest BCUT2D eigenvalue weighted by Crippen LogP contribution is 2.38. The van der Waals surface area contributed by atoms with Gasteiger partial charge in [-0.15, -0.1) is 0 Å². The van der Waals surface area contributed by atoms with E-state index in [4.69, 9.17) is 25.8 Å². The van der Waals surface area contributed by atoms with E-state index in [1.807, 2.05) is 0 Å². The van der Waals surface area contributed by atoms with Gasteiger partial charge in [-0.25, -0.2) is 4.98 Å². The van der Waals surface area contributed by atoms with Gasteiger partial charge in [0.05, 0.1) is 26.4 Å². The number of hydrogen-bond acceptors (Lipinski definition) is 5. The lowest BCUT2D eigenvalue weighted by molar-refractivity contribution is -0.111. The molecule has 0 saturated heterocycles. The van der Waals surface area contributed by atoms with Crippen LogP contribution in [0.3, 0.4) is 0 Å². The fourth-order valence-electron chi connectivity index (χ4n) is 1.99. The average Bonchev–Trinajstić information content (AvgIpc) is 2.60. The van der Waals surface area contributed by atoms with Gasteiger partial charge in [-0.3, -0.25) is 4.79 Å². The maximum Gasteiger partial charge on any atom is 0.249 e. The fourth-order valence-corrected chi connectivity index (χ4v) is 2.10. The van der Waals surface area contributed by atoms with Gasteiger partial charge in [0.15, 0.2) is 11.5 Å². The van der Waals surface area contributed by atoms with Gasteiger partial charge < -0.3 is 19.5 Å². The lowest BCUT2D eigenvalue weighted by Gasteiger charge is -2.12. The van der Waals surface area contributed by atoms with Crippen LogP contribution in [0, 0.1) is 0 Å². The van der Waals surface area contributed by atoms with Crippen molar-refractivity contribution in [1.82, 2.24) is 4.98 Å². The molecule has 0 aliphatic rings. The van der Waals surface area contributed by atoms with E-state index in [2.05, 4.69) is 10.3 Å². The van der Waals surface area contributed by atoms with Crippen LogP contribution in [0.1, 0.15) is 5.56 Å². The second kappa shape index (κ2) is 8.21. The van der Waals surface area contributed by atoms with Crippen LogP contribution in [0.15, 0.2) is 36.5 Å². The van der Waals surface area contributed by atoms with Gasteiger partial charge in [-0.1, -0.05) is 11.6 Å². The van der Waals surface area contributed by atoms with Gasteiger partial charge in [0.1, 0.15) is 5.82 Å². The first-order valence-corrected chi connectivity index (χ1v) is 7.35. The van der Waals surface area contributed by atoms with E-state index in [1.165, 1.54) is 33.6 Å². The number of aromatic nitrogens is 1. The fraction of sp³-hybridized carbons (Fsp3) is 0.176. The Hall–Kier alpha value is -2.73. The normalized spacial score (nSPS) is 10.5. The molecule has 0 aliphatic carbocycles. The highest BCUT2D eigenvalue weighted by molar-refractivity contribution is 6.30. The van der Waals surface area contributed by atoms with Crippen LogP contribution in [-0.4, -0.2) is 32.2 Å². The monoisotopic (exact) mass is 348 g/mol. The van der Waals surface area contributed by atoms with E-state index < -0.39 is 0 Å². The average molecular weight is 349 g/mol. The van der Waals surface area contributed by atoms with Crippen molar-refractivity contribution in [2.75, 3.05) is 26.6 Å². The third kappa shape index (κ3) is 4.39. The molecular weight excluding hydrogens is 332 g/mol. The Balaban J connectivity index is 2.15. The van der Waals surface area contributed by atoms with Crippen molar-refractivity contribution < 1.29 is 19.0 Å². The largest absolute Gasteiger partial charge is 0.493 e. The number of amides is 1. The maximum atomic E-state index is 11.9. The molecule has 0 fully saturated rings. The minimum absolute atomic E-state index is 0.321. The molecular formula is C17H17ClN2O4. The first kappa shape index (κ1) is 17.6. The predicted molar refractivity (Wildman–Crippen MR) is 93.0 cm³/mol. The van der Waals surface area contributed by atoms with Gasteiger partial charge in [-0.2, -0.15) is 0 Å². The van der Waals surface area contributed by atoms with Crippen LogP contribution in [0.2, 0.25) is 5.02 Å². The Bertz CT molecular complexity index is 720. The number of anilines is 1. The van der Waals surface area contributed by atoms with Crippen molar-refractivity contribution in [3.63, 3.8) is 0 Å². The number of carbonyl (C=O) groups excluding carboxylic acids is 1. The number of rotatable bonds is 6. The standard InChI is InChI=1S/C17H17ClN2O4/c1-22-13-8-11(9-14(23-2)17(13)24-3)4-7-16(21)20-15-6-5-12(18)10-19-15/h4-10H,1-3H3,(H,19,20,21)/b7-4-. The van der Waals surface area contributed by atoms with Gasteiger partial charge in [0, 0.05) is 12.3 Å². The van der Waals surface area contributed by atoms with E-state index in [9.17, 15) is 4.79 Å². The minimum atomic E-state index is -0.321. The summed E-state index contributed by atoms with van der Waals surface area (Å²) >= 11 is 5.75. The van der Waals surface area contributed by atoms with E-state index in [0.717, 1.165) is 5.56 Å². The molecule has 1 aromatic heterocycles. The van der Waals surface area contributed by atoms with Gasteiger partial charge in [-0.05, 0) is 35.9 Å². The molecule has 0 unspecified atom stereocenters. The molecule has 0 radical (unpaired) electrons. The summed E-state index contributed by atoms with van der Waals surface area (Å²) < 4.78 is 15.8. The third-order valence-corrected chi connectivity index (χ3v) is 3.32. The Morgan fingerprint density at radius 3 is 2.29 bits per heavy atom. The molecule has 2 rings (SSSR count). The van der Waals surface area contributed by atoms with Crippen molar-refractivity contribution >= 4 is 29.4 Å². The van der Waals surface area contributed by atoms with Gasteiger partial charge in [0.2, 0.25) is 11.7 Å². The molecule has 6 nitrogen and oxygen atoms in total. The molecule has 1 amide bonds. The zero-order chi connectivity index (χ0) is 17.5. The number of nitrogens with one attached hydrogen (secondary N) is 1. The minimum Gasteiger partial charge on any atom is -0.493 e. The predicted octanol–water partition coefficient (Wildman–Crippen LogP) is 3.41. The summed E-state index contributed by atoms with van der Waals surface area (Å²) in [4.78, 5) is 15.9. The number of methoxy groups -OCH3 is 3. The summed E-state index contributed by atoms with van der Waals surface area (Å²) in [6, 6.07) is 6.75. The molecule has 126 valence electrons. The van der Waals surface area contributed by atoms with Crippen LogP contribution < -0.4 is 19.5 Å². The lowest BCUT2D eigenvalue weighted by Crippen LogP contribution is -2.08. The molecule has 1 aromatic carbocycles. The van der Waals surface area contributed by atoms with Gasteiger partial charge >= 0.3 is 0 Å². The first-order chi connectivity index (χ1) is 11.6. The van der Waals surface area contributed by atoms with Crippen LogP contribution in [0.4, 0.5) is 5.82 Å². The number of hydrogen-bond donors (Lipinski definition) is 1. The molecule has 24 heavy (non-hydrogen) atoms. The highest BCUT2D eigenvalue weighted by Gasteiger charge is 2.12. The van der Waals surface area contributed by atoms with Crippen LogP contribution in [0.25, 0.3) is 6.08 Å². The smallest absolute Gasteiger partial charge is 0.249 e. The van der Waals surface area contributed by atoms with E-state index in [0.29, 0.717) is 28.1 Å². The molecule has 1 heterocycles. The summed E-state index contributed by atoms with van der Waals surface area (Å²) in [5.74, 6) is 1.61. The molecule has 0 spiro atoms. The second-order valence-corrected chi connectivity index (χ2v) is 5.08. The zero-order valence-electron chi connectivity index (χ0n) is 13.5. The SMILES string of the molecule is COc1cc(/C=C\C(=O)Nc2ccc(Cl)cn2)cc(OC)c1OC. The number of pyridine rings is 1. The Kier molecular flexibility index (Phi) is 6.03. The summed E-state index contributed by atoms with van der Waals surface area (Å²) in [5.41, 5.74) is 0.726. The summed E-state index contributed by atoms with van der Waals surface area (Å²) in [6.45, 7) is 0. The molecule has 1 N–H and O–H groups in total. The number of benzene rings is 1. The molecule has 2 aromatic rings. The number of carbonyl (C=O) groups is 1. The Morgan fingerprint density at radius 2 is 1.79 bits per heavy atom. The summed E-state index contributed by atoms with van der Waals surface area (Å²) in [7, 11) is 4.59. The van der Waals surface area contributed by atoms with Crippen molar-refractivity contribution in [3.8, 4) is 17.2 Å². The topological polar surface area (TPSA) is 69.7 Å². The third-order valence-electron chi connectivity index (χ3n) is 3.09. The molecule has 0 bridgehead atoms. The van der Waals surface area contributed by atoms with Crippen molar-refractivity contribution in [1.29, 1.82) is 0 Å². The highest BCUT2D eigenvalue weighted by atomic mass is 35.5. The van der Waals surface area contributed by atoms with Crippen LogP contribution in [0.5, 0.6) is 17.2 Å². The molecule has 7 heteroatoms. The summed E-state index contributed by atoms with van der Waals surface area (Å²) in [5, 5.41) is 3.14. The van der Waals surface area contributed by atoms with Crippen LogP contribution in [-0.2, 0) is 4.79 Å². The maximum absolute atomic E-state index is 11.9. The Morgan fingerprint density at radius 1 is 1.12 bits per heavy atom.